The van der Waals surface area contributed by atoms with Crippen LogP contribution in [0, 0.1) is 12.8 Å². The number of hydrogen-bond acceptors (Lipinski definition) is 3. The Hall–Kier alpha value is -1.81. The summed E-state index contributed by atoms with van der Waals surface area (Å²) in [5, 5.41) is 0. The molecule has 2 rings (SSSR count). The molecule has 0 aliphatic heterocycles. The number of hydrogen-bond donors (Lipinski definition) is 1. The van der Waals surface area contributed by atoms with Gasteiger partial charge in [0.15, 0.2) is 0 Å². The van der Waals surface area contributed by atoms with Crippen LogP contribution >= 0.6 is 0 Å². The van der Waals surface area contributed by atoms with Crippen LogP contribution in [0.4, 0.5) is 0 Å². The highest BCUT2D eigenvalue weighted by Crippen LogP contribution is 2.23. The van der Waals surface area contributed by atoms with Crippen LogP contribution in [-0.4, -0.2) is 31.0 Å². The van der Waals surface area contributed by atoms with Gasteiger partial charge in [0.05, 0.1) is 13.0 Å². The average molecular weight is 274 g/mol. The first-order valence-corrected chi connectivity index (χ1v) is 6.83. The van der Waals surface area contributed by atoms with E-state index in [1.165, 1.54) is 0 Å². The number of methoxy groups -OCH3 is 1. The summed E-state index contributed by atoms with van der Waals surface area (Å²) >= 11 is 0. The predicted molar refractivity (Wildman–Crippen MR) is 79.4 cm³/mol. The van der Waals surface area contributed by atoms with Gasteiger partial charge in [0.2, 0.25) is 5.91 Å². The molecule has 1 amide bonds. The number of ether oxygens (including phenoxy) is 1. The van der Waals surface area contributed by atoms with Gasteiger partial charge in [-0.1, -0.05) is 29.8 Å². The zero-order valence-electron chi connectivity index (χ0n) is 12.3. The molecule has 0 saturated carbocycles. The molecular weight excluding hydrogens is 252 g/mol. The molecule has 0 spiro atoms. The monoisotopic (exact) mass is 274 g/mol. The topological polar surface area (TPSA) is 55.6 Å². The van der Waals surface area contributed by atoms with Gasteiger partial charge in [-0.2, -0.15) is 0 Å². The largest absolute Gasteiger partial charge is 0.496 e. The molecule has 1 aromatic rings. The van der Waals surface area contributed by atoms with Crippen molar-refractivity contribution in [3.05, 3.63) is 41.5 Å². The van der Waals surface area contributed by atoms with Crippen LogP contribution in [0.1, 0.15) is 17.5 Å². The molecule has 2 unspecified atom stereocenters. The molecule has 0 fully saturated rings. The van der Waals surface area contributed by atoms with Crippen LogP contribution in [-0.2, 0) is 11.3 Å². The standard InChI is InChI=1S/C16H22N2O2/c1-11-4-7-15(20-3)13(8-11)10-18(2)16(19)12-5-6-14(17)9-12/h4-8,12,14H,9-10,17H2,1-3H3. The maximum absolute atomic E-state index is 12.4. The molecule has 1 aliphatic carbocycles. The molecule has 0 heterocycles. The number of rotatable bonds is 4. The van der Waals surface area contributed by atoms with Gasteiger partial charge in [-0.25, -0.2) is 0 Å². The number of nitrogens with two attached hydrogens (primary N) is 1. The van der Waals surface area contributed by atoms with Gasteiger partial charge in [0, 0.05) is 25.2 Å². The molecule has 2 atom stereocenters. The van der Waals surface area contributed by atoms with E-state index in [0.29, 0.717) is 13.0 Å². The smallest absolute Gasteiger partial charge is 0.229 e. The minimum Gasteiger partial charge on any atom is -0.496 e. The van der Waals surface area contributed by atoms with Gasteiger partial charge < -0.3 is 15.4 Å². The van der Waals surface area contributed by atoms with Crippen LogP contribution in [0.25, 0.3) is 0 Å². The van der Waals surface area contributed by atoms with Crippen molar-refractivity contribution in [2.45, 2.75) is 25.9 Å². The lowest BCUT2D eigenvalue weighted by molar-refractivity contribution is -0.133. The number of amides is 1. The second-order valence-electron chi connectivity index (χ2n) is 5.40. The van der Waals surface area contributed by atoms with Gasteiger partial charge in [0.25, 0.3) is 0 Å². The lowest BCUT2D eigenvalue weighted by Crippen LogP contribution is -2.32. The first kappa shape index (κ1) is 14.6. The summed E-state index contributed by atoms with van der Waals surface area (Å²) in [6, 6.07) is 6.00. The van der Waals surface area contributed by atoms with Crippen molar-refractivity contribution in [1.29, 1.82) is 0 Å². The normalized spacial score (nSPS) is 21.0. The maximum Gasteiger partial charge on any atom is 0.229 e. The lowest BCUT2D eigenvalue weighted by atomic mass is 10.1. The SMILES string of the molecule is COc1ccc(C)cc1CN(C)C(=O)C1C=CC(N)C1. The Labute approximate surface area is 120 Å². The Morgan fingerprint density at radius 2 is 2.20 bits per heavy atom. The summed E-state index contributed by atoms with van der Waals surface area (Å²) in [4.78, 5) is 14.1. The van der Waals surface area contributed by atoms with Gasteiger partial charge >= 0.3 is 0 Å². The zero-order chi connectivity index (χ0) is 14.7. The van der Waals surface area contributed by atoms with Crippen molar-refractivity contribution in [3.63, 3.8) is 0 Å². The van der Waals surface area contributed by atoms with E-state index >= 15 is 0 Å². The lowest BCUT2D eigenvalue weighted by Gasteiger charge is -2.22. The Balaban J connectivity index is 2.07. The summed E-state index contributed by atoms with van der Waals surface area (Å²) in [6.45, 7) is 2.58. The Morgan fingerprint density at radius 1 is 1.45 bits per heavy atom. The number of carbonyl (C=O) groups is 1. The Morgan fingerprint density at radius 3 is 2.80 bits per heavy atom. The van der Waals surface area contributed by atoms with Gasteiger partial charge in [-0.3, -0.25) is 4.79 Å². The third-order valence-electron chi connectivity index (χ3n) is 3.65. The molecule has 4 heteroatoms. The minimum absolute atomic E-state index is 0.00542. The second-order valence-corrected chi connectivity index (χ2v) is 5.40. The van der Waals surface area contributed by atoms with E-state index < -0.39 is 0 Å². The van der Waals surface area contributed by atoms with E-state index in [1.54, 1.807) is 12.0 Å². The van der Waals surface area contributed by atoms with Crippen LogP contribution < -0.4 is 10.5 Å². The molecule has 1 aliphatic rings. The van der Waals surface area contributed by atoms with E-state index in [9.17, 15) is 4.79 Å². The molecule has 2 N–H and O–H groups in total. The third kappa shape index (κ3) is 3.20. The summed E-state index contributed by atoms with van der Waals surface area (Å²) in [5.74, 6) is 0.831. The zero-order valence-corrected chi connectivity index (χ0v) is 12.3. The van der Waals surface area contributed by atoms with Crippen LogP contribution in [0.5, 0.6) is 5.75 Å². The van der Waals surface area contributed by atoms with Crippen molar-refractivity contribution in [2.24, 2.45) is 11.7 Å². The van der Waals surface area contributed by atoms with E-state index in [0.717, 1.165) is 16.9 Å². The molecular formula is C16H22N2O2. The first-order valence-electron chi connectivity index (χ1n) is 6.83. The first-order chi connectivity index (χ1) is 9.51. The molecule has 108 valence electrons. The maximum atomic E-state index is 12.4. The fourth-order valence-corrected chi connectivity index (χ4v) is 2.56. The second kappa shape index (κ2) is 6.09. The van der Waals surface area contributed by atoms with Gasteiger partial charge in [-0.05, 0) is 19.4 Å². The van der Waals surface area contributed by atoms with Crippen molar-refractivity contribution in [1.82, 2.24) is 4.90 Å². The molecule has 0 saturated heterocycles. The van der Waals surface area contributed by atoms with E-state index in [4.69, 9.17) is 10.5 Å². The fraction of sp³-hybridized carbons (Fsp3) is 0.438. The van der Waals surface area contributed by atoms with Crippen molar-refractivity contribution in [3.8, 4) is 5.75 Å². The summed E-state index contributed by atoms with van der Waals surface area (Å²) in [5.41, 5.74) is 7.98. The van der Waals surface area contributed by atoms with E-state index in [-0.39, 0.29) is 17.9 Å². The Bertz CT molecular complexity index is 525. The minimum atomic E-state index is -0.0918. The fourth-order valence-electron chi connectivity index (χ4n) is 2.56. The van der Waals surface area contributed by atoms with Crippen LogP contribution in [0.15, 0.2) is 30.4 Å². The van der Waals surface area contributed by atoms with Crippen LogP contribution in [0.3, 0.4) is 0 Å². The predicted octanol–water partition coefficient (Wildman–Crippen LogP) is 1.87. The molecule has 4 nitrogen and oxygen atoms in total. The van der Waals surface area contributed by atoms with Crippen LogP contribution in [0.2, 0.25) is 0 Å². The average Bonchev–Trinajstić information content (AvgIpc) is 2.84. The highest BCUT2D eigenvalue weighted by molar-refractivity contribution is 5.81. The molecule has 0 bridgehead atoms. The molecule has 0 radical (unpaired) electrons. The highest BCUT2D eigenvalue weighted by atomic mass is 16.5. The van der Waals surface area contributed by atoms with E-state index in [2.05, 4.69) is 6.07 Å². The van der Waals surface area contributed by atoms with Crippen molar-refractivity contribution < 1.29 is 9.53 Å². The third-order valence-corrected chi connectivity index (χ3v) is 3.65. The quantitative estimate of drug-likeness (QED) is 0.853. The summed E-state index contributed by atoms with van der Waals surface area (Å²) in [6.07, 6.45) is 4.52. The van der Waals surface area contributed by atoms with Gasteiger partial charge in [0.1, 0.15) is 5.75 Å². The van der Waals surface area contributed by atoms with Gasteiger partial charge in [-0.15, -0.1) is 0 Å². The van der Waals surface area contributed by atoms with Crippen molar-refractivity contribution in [2.75, 3.05) is 14.2 Å². The highest BCUT2D eigenvalue weighted by Gasteiger charge is 2.25. The molecule has 0 aromatic heterocycles. The number of nitrogens with zero attached hydrogens (tertiary/aromatic N) is 1. The summed E-state index contributed by atoms with van der Waals surface area (Å²) in [7, 11) is 3.47. The Kier molecular flexibility index (Phi) is 4.45. The number of aryl methyl sites for hydroxylation is 1. The molecule has 20 heavy (non-hydrogen) atoms. The molecule has 1 aromatic carbocycles. The number of carbonyl (C=O) groups excluding carboxylic acids is 1. The van der Waals surface area contributed by atoms with E-state index in [1.807, 2.05) is 38.3 Å². The van der Waals surface area contributed by atoms with Crippen molar-refractivity contribution >= 4 is 5.91 Å². The number of benzene rings is 1. The summed E-state index contributed by atoms with van der Waals surface area (Å²) < 4.78 is 5.35.